The van der Waals surface area contributed by atoms with Gasteiger partial charge in [-0.05, 0) is 46.9 Å². The first kappa shape index (κ1) is 16.2. The number of benzene rings is 3. The molecule has 1 aliphatic carbocycles. The molecule has 2 nitrogen and oxygen atoms in total. The maximum atomic E-state index is 6.64. The highest BCUT2D eigenvalue weighted by atomic mass is 14.7. The predicted molar refractivity (Wildman–Crippen MR) is 109 cm³/mol. The SMILES string of the molecule is NC1=CC=C(c2ccc(N)cc2)CC1(c1ccccc1)c1ccccc1. The van der Waals surface area contributed by atoms with Gasteiger partial charge in [-0.3, -0.25) is 0 Å². The van der Waals surface area contributed by atoms with Crippen LogP contribution in [0.2, 0.25) is 0 Å². The van der Waals surface area contributed by atoms with Gasteiger partial charge in [0, 0.05) is 11.4 Å². The van der Waals surface area contributed by atoms with Crippen LogP contribution in [-0.4, -0.2) is 0 Å². The van der Waals surface area contributed by atoms with Gasteiger partial charge in [-0.1, -0.05) is 78.9 Å². The van der Waals surface area contributed by atoms with Crippen LogP contribution in [0.4, 0.5) is 5.69 Å². The standard InChI is InChI=1S/C24H22N2/c25-22-14-11-18(12-15-22)19-13-16-23(26)24(17-19,20-7-3-1-4-8-20)21-9-5-2-6-10-21/h1-16H,17,25-26H2. The van der Waals surface area contributed by atoms with E-state index < -0.39 is 0 Å². The highest BCUT2D eigenvalue weighted by molar-refractivity contribution is 5.74. The van der Waals surface area contributed by atoms with Gasteiger partial charge in [0.05, 0.1) is 5.41 Å². The second kappa shape index (κ2) is 6.57. The summed E-state index contributed by atoms with van der Waals surface area (Å²) < 4.78 is 0. The van der Waals surface area contributed by atoms with E-state index in [1.807, 2.05) is 24.3 Å². The van der Waals surface area contributed by atoms with E-state index >= 15 is 0 Å². The molecule has 2 heteroatoms. The molecule has 128 valence electrons. The summed E-state index contributed by atoms with van der Waals surface area (Å²) in [7, 11) is 0. The minimum atomic E-state index is -0.367. The lowest BCUT2D eigenvalue weighted by atomic mass is 9.65. The molecule has 0 aliphatic heterocycles. The van der Waals surface area contributed by atoms with E-state index in [1.54, 1.807) is 0 Å². The number of hydrogen-bond acceptors (Lipinski definition) is 2. The number of nitrogens with two attached hydrogens (primary N) is 2. The van der Waals surface area contributed by atoms with Crippen LogP contribution >= 0.6 is 0 Å². The molecule has 0 fully saturated rings. The zero-order valence-electron chi connectivity index (χ0n) is 14.6. The summed E-state index contributed by atoms with van der Waals surface area (Å²) in [5.41, 5.74) is 18.6. The van der Waals surface area contributed by atoms with Crippen molar-refractivity contribution in [2.24, 2.45) is 5.73 Å². The summed E-state index contributed by atoms with van der Waals surface area (Å²) in [5, 5.41) is 0. The van der Waals surface area contributed by atoms with Gasteiger partial charge in [-0.25, -0.2) is 0 Å². The van der Waals surface area contributed by atoms with Crippen molar-refractivity contribution in [2.45, 2.75) is 11.8 Å². The molecule has 0 saturated carbocycles. The molecule has 4 N–H and O–H groups in total. The van der Waals surface area contributed by atoms with E-state index in [9.17, 15) is 0 Å². The zero-order chi connectivity index (χ0) is 18.0. The Kier molecular flexibility index (Phi) is 4.10. The lowest BCUT2D eigenvalue weighted by molar-refractivity contribution is 0.606. The Hall–Kier alpha value is -3.26. The molecule has 0 atom stereocenters. The molecule has 0 bridgehead atoms. The van der Waals surface area contributed by atoms with E-state index in [4.69, 9.17) is 11.5 Å². The minimum Gasteiger partial charge on any atom is -0.401 e. The zero-order valence-corrected chi connectivity index (χ0v) is 14.6. The van der Waals surface area contributed by atoms with Gasteiger partial charge in [-0.15, -0.1) is 0 Å². The Morgan fingerprint density at radius 3 is 1.69 bits per heavy atom. The van der Waals surface area contributed by atoms with Crippen molar-refractivity contribution in [3.63, 3.8) is 0 Å². The van der Waals surface area contributed by atoms with Gasteiger partial charge in [0.1, 0.15) is 0 Å². The molecule has 0 saturated heterocycles. The Labute approximate surface area is 154 Å². The molecule has 0 heterocycles. The first-order chi connectivity index (χ1) is 12.7. The molecular formula is C24H22N2. The normalized spacial score (nSPS) is 15.8. The van der Waals surface area contributed by atoms with Crippen LogP contribution in [0, 0.1) is 0 Å². The van der Waals surface area contributed by atoms with Crippen LogP contribution < -0.4 is 11.5 Å². The fourth-order valence-corrected chi connectivity index (χ4v) is 3.82. The third-order valence-corrected chi connectivity index (χ3v) is 5.23. The molecule has 4 rings (SSSR count). The van der Waals surface area contributed by atoms with Crippen LogP contribution in [0.15, 0.2) is 103 Å². The van der Waals surface area contributed by atoms with Crippen molar-refractivity contribution in [3.8, 4) is 0 Å². The maximum Gasteiger partial charge on any atom is 0.0636 e. The number of hydrogen-bond donors (Lipinski definition) is 2. The summed E-state index contributed by atoms with van der Waals surface area (Å²) in [6, 6.07) is 29.1. The fraction of sp³-hybridized carbons (Fsp3) is 0.0833. The summed E-state index contributed by atoms with van der Waals surface area (Å²) in [5.74, 6) is 0. The van der Waals surface area contributed by atoms with Gasteiger partial charge in [-0.2, -0.15) is 0 Å². The van der Waals surface area contributed by atoms with Crippen molar-refractivity contribution in [1.29, 1.82) is 0 Å². The van der Waals surface area contributed by atoms with Gasteiger partial charge in [0.15, 0.2) is 0 Å². The smallest absolute Gasteiger partial charge is 0.0636 e. The topological polar surface area (TPSA) is 52.0 Å². The largest absolute Gasteiger partial charge is 0.401 e. The van der Waals surface area contributed by atoms with Crippen molar-refractivity contribution < 1.29 is 0 Å². The Balaban J connectivity index is 1.88. The first-order valence-electron chi connectivity index (χ1n) is 8.84. The summed E-state index contributed by atoms with van der Waals surface area (Å²) in [4.78, 5) is 0. The van der Waals surface area contributed by atoms with Gasteiger partial charge < -0.3 is 11.5 Å². The molecule has 0 radical (unpaired) electrons. The van der Waals surface area contributed by atoms with Crippen LogP contribution in [0.3, 0.4) is 0 Å². The summed E-state index contributed by atoms with van der Waals surface area (Å²) >= 11 is 0. The molecule has 26 heavy (non-hydrogen) atoms. The molecule has 0 unspecified atom stereocenters. The molecule has 3 aromatic rings. The minimum absolute atomic E-state index is 0.367. The highest BCUT2D eigenvalue weighted by Gasteiger charge is 2.39. The molecule has 0 aromatic heterocycles. The second-order valence-electron chi connectivity index (χ2n) is 6.75. The van der Waals surface area contributed by atoms with E-state index in [1.165, 1.54) is 22.3 Å². The molecule has 3 aromatic carbocycles. The van der Waals surface area contributed by atoms with Crippen molar-refractivity contribution in [3.05, 3.63) is 119 Å². The lowest BCUT2D eigenvalue weighted by Crippen LogP contribution is -2.36. The number of allylic oxidation sites excluding steroid dienone is 4. The van der Waals surface area contributed by atoms with Crippen LogP contribution in [0.5, 0.6) is 0 Å². The maximum absolute atomic E-state index is 6.64. The fourth-order valence-electron chi connectivity index (χ4n) is 3.82. The van der Waals surface area contributed by atoms with Crippen LogP contribution in [0.1, 0.15) is 23.1 Å². The van der Waals surface area contributed by atoms with Crippen LogP contribution in [0.25, 0.3) is 5.57 Å². The van der Waals surface area contributed by atoms with Gasteiger partial charge >= 0.3 is 0 Å². The highest BCUT2D eigenvalue weighted by Crippen LogP contribution is 2.46. The average molecular weight is 338 g/mol. The van der Waals surface area contributed by atoms with E-state index in [-0.39, 0.29) is 5.41 Å². The number of anilines is 1. The third-order valence-electron chi connectivity index (χ3n) is 5.23. The molecular weight excluding hydrogens is 316 g/mol. The van der Waals surface area contributed by atoms with Crippen LogP contribution in [-0.2, 0) is 5.41 Å². The third kappa shape index (κ3) is 2.70. The monoisotopic (exact) mass is 338 g/mol. The van der Waals surface area contributed by atoms with Gasteiger partial charge in [0.2, 0.25) is 0 Å². The van der Waals surface area contributed by atoms with Crippen molar-refractivity contribution in [1.82, 2.24) is 0 Å². The van der Waals surface area contributed by atoms with E-state index in [0.29, 0.717) is 0 Å². The lowest BCUT2D eigenvalue weighted by Gasteiger charge is -2.39. The number of nitrogen functional groups attached to an aromatic ring is 1. The van der Waals surface area contributed by atoms with Crippen molar-refractivity contribution in [2.75, 3.05) is 5.73 Å². The summed E-state index contributed by atoms with van der Waals surface area (Å²) in [6.45, 7) is 0. The Bertz CT molecular complexity index is 913. The quantitative estimate of drug-likeness (QED) is 0.668. The number of rotatable bonds is 3. The van der Waals surface area contributed by atoms with Gasteiger partial charge in [0.25, 0.3) is 0 Å². The Morgan fingerprint density at radius 1 is 0.615 bits per heavy atom. The van der Waals surface area contributed by atoms with Crippen molar-refractivity contribution >= 4 is 11.3 Å². The molecule has 0 amide bonds. The average Bonchev–Trinajstić information content (AvgIpc) is 2.70. The second-order valence-corrected chi connectivity index (χ2v) is 6.75. The van der Waals surface area contributed by atoms with E-state index in [0.717, 1.165) is 17.8 Å². The van der Waals surface area contributed by atoms with E-state index in [2.05, 4.69) is 72.8 Å². The molecule has 1 aliphatic rings. The molecule has 0 spiro atoms. The Morgan fingerprint density at radius 2 is 1.15 bits per heavy atom. The summed E-state index contributed by atoms with van der Waals surface area (Å²) in [6.07, 6.45) is 4.99. The first-order valence-corrected chi connectivity index (χ1v) is 8.84. The predicted octanol–water partition coefficient (Wildman–Crippen LogP) is 4.88.